The molecule has 15 heavy (non-hydrogen) atoms. The van der Waals surface area contributed by atoms with Crippen LogP contribution in [0.5, 0.6) is 0 Å². The molecule has 1 N–H and O–H groups in total. The summed E-state index contributed by atoms with van der Waals surface area (Å²) < 4.78 is 0. The Kier molecular flexibility index (Phi) is 2.86. The molecule has 4 heteroatoms. The summed E-state index contributed by atoms with van der Waals surface area (Å²) in [6.07, 6.45) is 4.45. The lowest BCUT2D eigenvalue weighted by Crippen LogP contribution is -2.25. The number of rotatable bonds is 2. The number of aromatic nitrogens is 2. The topological polar surface area (TPSA) is 49.2 Å². The van der Waals surface area contributed by atoms with Gasteiger partial charge in [0.2, 0.25) is 5.95 Å². The van der Waals surface area contributed by atoms with Crippen LogP contribution in [0.1, 0.15) is 18.9 Å². The molecule has 2 heterocycles. The first-order chi connectivity index (χ1) is 7.16. The minimum atomic E-state index is -0.236. The molecular formula is C11H17N3O. The summed E-state index contributed by atoms with van der Waals surface area (Å²) in [5.74, 6) is 1.14. The molecule has 0 radical (unpaired) electrons. The van der Waals surface area contributed by atoms with Crippen LogP contribution in [0.3, 0.4) is 0 Å². The van der Waals surface area contributed by atoms with Crippen molar-refractivity contribution in [3.8, 4) is 0 Å². The first-order valence-corrected chi connectivity index (χ1v) is 5.38. The molecule has 2 rings (SSSR count). The van der Waals surface area contributed by atoms with Gasteiger partial charge in [-0.2, -0.15) is 0 Å². The molecule has 82 valence electrons. The molecule has 1 saturated heterocycles. The number of hydrogen-bond acceptors (Lipinski definition) is 4. The van der Waals surface area contributed by atoms with Gasteiger partial charge in [0.1, 0.15) is 0 Å². The van der Waals surface area contributed by atoms with E-state index in [1.54, 1.807) is 0 Å². The highest BCUT2D eigenvalue weighted by molar-refractivity contribution is 5.31. The van der Waals surface area contributed by atoms with E-state index in [2.05, 4.69) is 14.9 Å². The predicted octanol–water partition coefficient (Wildman–Crippen LogP) is 0.992. The third-order valence-corrected chi connectivity index (χ3v) is 2.96. The van der Waals surface area contributed by atoms with Crippen molar-refractivity contribution in [2.75, 3.05) is 18.0 Å². The largest absolute Gasteiger partial charge is 0.393 e. The molecule has 0 bridgehead atoms. The Morgan fingerprint density at radius 2 is 2.13 bits per heavy atom. The van der Waals surface area contributed by atoms with Gasteiger partial charge in [-0.25, -0.2) is 9.97 Å². The second-order valence-electron chi connectivity index (χ2n) is 4.30. The van der Waals surface area contributed by atoms with Gasteiger partial charge < -0.3 is 10.0 Å². The fourth-order valence-electron chi connectivity index (χ4n) is 1.91. The van der Waals surface area contributed by atoms with E-state index in [-0.39, 0.29) is 6.10 Å². The van der Waals surface area contributed by atoms with Crippen molar-refractivity contribution < 1.29 is 5.11 Å². The van der Waals surface area contributed by atoms with Gasteiger partial charge in [0.05, 0.1) is 6.10 Å². The van der Waals surface area contributed by atoms with Gasteiger partial charge in [-0.05, 0) is 25.8 Å². The Labute approximate surface area is 90.0 Å². The number of aryl methyl sites for hydroxylation is 1. The zero-order valence-corrected chi connectivity index (χ0v) is 9.22. The first-order valence-electron chi connectivity index (χ1n) is 5.38. The summed E-state index contributed by atoms with van der Waals surface area (Å²) in [6, 6.07) is 0. The molecule has 0 spiro atoms. The quantitative estimate of drug-likeness (QED) is 0.785. The molecule has 0 amide bonds. The molecule has 1 fully saturated rings. The van der Waals surface area contributed by atoms with E-state index in [0.29, 0.717) is 5.92 Å². The van der Waals surface area contributed by atoms with Crippen molar-refractivity contribution in [3.63, 3.8) is 0 Å². The van der Waals surface area contributed by atoms with Crippen molar-refractivity contribution >= 4 is 5.95 Å². The predicted molar refractivity (Wildman–Crippen MR) is 58.8 cm³/mol. The fraction of sp³-hybridized carbons (Fsp3) is 0.636. The van der Waals surface area contributed by atoms with Gasteiger partial charge in [0, 0.05) is 31.4 Å². The lowest BCUT2D eigenvalue weighted by atomic mass is 10.0. The Morgan fingerprint density at radius 3 is 2.67 bits per heavy atom. The van der Waals surface area contributed by atoms with Crippen LogP contribution in [0.25, 0.3) is 0 Å². The summed E-state index contributed by atoms with van der Waals surface area (Å²) >= 11 is 0. The number of hydrogen-bond donors (Lipinski definition) is 1. The van der Waals surface area contributed by atoms with Gasteiger partial charge in [-0.15, -0.1) is 0 Å². The lowest BCUT2D eigenvalue weighted by Gasteiger charge is -2.17. The number of aliphatic hydroxyl groups excluding tert-OH is 1. The van der Waals surface area contributed by atoms with Gasteiger partial charge in [-0.3, -0.25) is 0 Å². The molecule has 0 aliphatic carbocycles. The smallest absolute Gasteiger partial charge is 0.225 e. The van der Waals surface area contributed by atoms with Crippen LogP contribution in [-0.2, 0) is 0 Å². The Morgan fingerprint density at radius 1 is 1.47 bits per heavy atom. The van der Waals surface area contributed by atoms with Gasteiger partial charge in [0.15, 0.2) is 0 Å². The van der Waals surface area contributed by atoms with E-state index in [9.17, 15) is 5.11 Å². The Hall–Kier alpha value is -1.16. The van der Waals surface area contributed by atoms with Crippen LogP contribution in [0.15, 0.2) is 12.4 Å². The zero-order valence-electron chi connectivity index (χ0n) is 9.22. The molecule has 1 aromatic heterocycles. The average molecular weight is 207 g/mol. The summed E-state index contributed by atoms with van der Waals surface area (Å²) in [6.45, 7) is 5.63. The van der Waals surface area contributed by atoms with E-state index in [1.807, 2.05) is 26.2 Å². The maximum Gasteiger partial charge on any atom is 0.225 e. The van der Waals surface area contributed by atoms with Crippen molar-refractivity contribution in [1.82, 2.24) is 9.97 Å². The SMILES string of the molecule is Cc1cnc(N2CCC(C(C)O)C2)nc1. The third kappa shape index (κ3) is 2.26. The molecule has 1 aliphatic heterocycles. The number of anilines is 1. The normalized spacial score (nSPS) is 23.1. The van der Waals surface area contributed by atoms with E-state index < -0.39 is 0 Å². The van der Waals surface area contributed by atoms with Crippen LogP contribution < -0.4 is 4.90 Å². The van der Waals surface area contributed by atoms with Crippen molar-refractivity contribution in [1.29, 1.82) is 0 Å². The van der Waals surface area contributed by atoms with Gasteiger partial charge >= 0.3 is 0 Å². The standard InChI is InChI=1S/C11H17N3O/c1-8-5-12-11(13-6-8)14-4-3-10(7-14)9(2)15/h5-6,9-10,15H,3-4,7H2,1-2H3. The summed E-state index contributed by atoms with van der Waals surface area (Å²) in [7, 11) is 0. The monoisotopic (exact) mass is 207 g/mol. The highest BCUT2D eigenvalue weighted by Gasteiger charge is 2.27. The Bertz CT molecular complexity index is 323. The van der Waals surface area contributed by atoms with E-state index in [4.69, 9.17) is 0 Å². The maximum atomic E-state index is 9.49. The van der Waals surface area contributed by atoms with Gasteiger partial charge in [0.25, 0.3) is 0 Å². The van der Waals surface area contributed by atoms with Crippen molar-refractivity contribution in [2.24, 2.45) is 5.92 Å². The van der Waals surface area contributed by atoms with Crippen LogP contribution >= 0.6 is 0 Å². The molecular weight excluding hydrogens is 190 g/mol. The summed E-state index contributed by atoms with van der Waals surface area (Å²) in [5, 5.41) is 9.49. The zero-order chi connectivity index (χ0) is 10.8. The van der Waals surface area contributed by atoms with E-state index in [1.165, 1.54) is 0 Å². The molecule has 2 atom stereocenters. The Balaban J connectivity index is 2.04. The number of nitrogens with zero attached hydrogens (tertiary/aromatic N) is 3. The molecule has 0 aromatic carbocycles. The number of aliphatic hydroxyl groups is 1. The maximum absolute atomic E-state index is 9.49. The van der Waals surface area contributed by atoms with Crippen LogP contribution in [-0.4, -0.2) is 34.3 Å². The minimum absolute atomic E-state index is 0.236. The van der Waals surface area contributed by atoms with Crippen molar-refractivity contribution in [3.05, 3.63) is 18.0 Å². The van der Waals surface area contributed by atoms with Crippen molar-refractivity contribution in [2.45, 2.75) is 26.4 Å². The molecule has 1 aliphatic rings. The van der Waals surface area contributed by atoms with E-state index in [0.717, 1.165) is 31.0 Å². The van der Waals surface area contributed by atoms with Crippen LogP contribution in [0.4, 0.5) is 5.95 Å². The average Bonchev–Trinajstić information content (AvgIpc) is 2.68. The third-order valence-electron chi connectivity index (χ3n) is 2.96. The summed E-state index contributed by atoms with van der Waals surface area (Å²) in [5.41, 5.74) is 1.07. The highest BCUT2D eigenvalue weighted by atomic mass is 16.3. The molecule has 4 nitrogen and oxygen atoms in total. The summed E-state index contributed by atoms with van der Waals surface area (Å²) in [4.78, 5) is 10.7. The first kappa shape index (κ1) is 10.4. The van der Waals surface area contributed by atoms with E-state index >= 15 is 0 Å². The highest BCUT2D eigenvalue weighted by Crippen LogP contribution is 2.22. The lowest BCUT2D eigenvalue weighted by molar-refractivity contribution is 0.136. The van der Waals surface area contributed by atoms with Gasteiger partial charge in [-0.1, -0.05) is 0 Å². The second-order valence-corrected chi connectivity index (χ2v) is 4.30. The van der Waals surface area contributed by atoms with Crippen LogP contribution in [0, 0.1) is 12.8 Å². The minimum Gasteiger partial charge on any atom is -0.393 e. The molecule has 2 unspecified atom stereocenters. The molecule has 0 saturated carbocycles. The van der Waals surface area contributed by atoms with Crippen LogP contribution in [0.2, 0.25) is 0 Å². The molecule has 1 aromatic rings. The second kappa shape index (κ2) is 4.14. The fourth-order valence-corrected chi connectivity index (χ4v) is 1.91.